The van der Waals surface area contributed by atoms with Crippen LogP contribution in [0.2, 0.25) is 10.0 Å². The molecule has 0 bridgehead atoms. The predicted octanol–water partition coefficient (Wildman–Crippen LogP) is 2.75. The number of carbonyl (C=O) groups is 1. The van der Waals surface area contributed by atoms with E-state index >= 15 is 0 Å². The van der Waals surface area contributed by atoms with Crippen LogP contribution in [-0.2, 0) is 11.3 Å². The maximum absolute atomic E-state index is 11.9. The van der Waals surface area contributed by atoms with Crippen LogP contribution in [0, 0.1) is 0 Å². The summed E-state index contributed by atoms with van der Waals surface area (Å²) in [6.07, 6.45) is 3.35. The number of hydrogen-bond donors (Lipinski definition) is 1. The lowest BCUT2D eigenvalue weighted by Crippen LogP contribution is -2.31. The van der Waals surface area contributed by atoms with Crippen molar-refractivity contribution in [2.24, 2.45) is 0 Å². The topological polar surface area (TPSA) is 58.2 Å². The number of imidazole rings is 1. The second-order valence-corrected chi connectivity index (χ2v) is 4.96. The van der Waals surface area contributed by atoms with Crippen molar-refractivity contribution >= 4 is 29.1 Å². The molecule has 0 aliphatic carbocycles. The van der Waals surface area contributed by atoms with E-state index < -0.39 is 0 Å². The normalized spacial score (nSPS) is 10.3. The number of nitrogens with one attached hydrogen (secondary N) is 1. The first-order chi connectivity index (χ1) is 9.56. The highest BCUT2D eigenvalue weighted by Gasteiger charge is 2.11. The van der Waals surface area contributed by atoms with Gasteiger partial charge in [0.25, 0.3) is 5.91 Å². The molecule has 1 amide bonds. The van der Waals surface area contributed by atoms with Gasteiger partial charge in [0.15, 0.2) is 6.61 Å². The zero-order chi connectivity index (χ0) is 14.5. The zero-order valence-electron chi connectivity index (χ0n) is 10.8. The van der Waals surface area contributed by atoms with Gasteiger partial charge in [0.1, 0.15) is 11.6 Å². The molecular formula is C13H13Cl2N3O2. The second-order valence-electron chi connectivity index (χ2n) is 4.15. The van der Waals surface area contributed by atoms with Gasteiger partial charge in [-0.3, -0.25) is 4.79 Å². The third kappa shape index (κ3) is 3.88. The van der Waals surface area contributed by atoms with Gasteiger partial charge in [-0.1, -0.05) is 23.2 Å². The molecule has 2 aromatic rings. The fourth-order valence-corrected chi connectivity index (χ4v) is 1.81. The van der Waals surface area contributed by atoms with Crippen molar-refractivity contribution in [1.82, 2.24) is 14.9 Å². The molecule has 0 aliphatic heterocycles. The number of aromatic nitrogens is 2. The number of H-pyrrole nitrogens is 1. The second kappa shape index (κ2) is 6.63. The highest BCUT2D eigenvalue weighted by atomic mass is 35.5. The number of nitrogens with zero attached hydrogens (tertiary/aromatic N) is 2. The summed E-state index contributed by atoms with van der Waals surface area (Å²) >= 11 is 11.7. The fourth-order valence-electron chi connectivity index (χ4n) is 1.52. The average Bonchev–Trinajstić information content (AvgIpc) is 2.92. The number of amides is 1. The quantitative estimate of drug-likeness (QED) is 0.923. The summed E-state index contributed by atoms with van der Waals surface area (Å²) in [6, 6.07) is 4.86. The van der Waals surface area contributed by atoms with Crippen molar-refractivity contribution in [3.8, 4) is 5.75 Å². The van der Waals surface area contributed by atoms with Crippen LogP contribution in [0.5, 0.6) is 5.75 Å². The Morgan fingerprint density at radius 1 is 1.40 bits per heavy atom. The van der Waals surface area contributed by atoms with Crippen LogP contribution in [0.3, 0.4) is 0 Å². The molecule has 20 heavy (non-hydrogen) atoms. The monoisotopic (exact) mass is 313 g/mol. The molecule has 5 nitrogen and oxygen atoms in total. The fraction of sp³-hybridized carbons (Fsp3) is 0.231. The molecule has 2 rings (SSSR count). The molecule has 0 saturated heterocycles. The summed E-state index contributed by atoms with van der Waals surface area (Å²) in [5.41, 5.74) is 0. The van der Waals surface area contributed by atoms with Crippen molar-refractivity contribution in [3.05, 3.63) is 46.5 Å². The van der Waals surface area contributed by atoms with Crippen molar-refractivity contribution in [2.75, 3.05) is 13.7 Å². The minimum absolute atomic E-state index is 0.0742. The number of ether oxygens (including phenoxy) is 1. The summed E-state index contributed by atoms with van der Waals surface area (Å²) in [6.45, 7) is 0.325. The summed E-state index contributed by atoms with van der Waals surface area (Å²) < 4.78 is 5.38. The Bertz CT molecular complexity index is 587. The lowest BCUT2D eigenvalue weighted by atomic mass is 10.3. The molecule has 0 aliphatic rings. The third-order valence-electron chi connectivity index (χ3n) is 2.62. The lowest BCUT2D eigenvalue weighted by molar-refractivity contribution is -0.132. The molecule has 0 radical (unpaired) electrons. The predicted molar refractivity (Wildman–Crippen MR) is 77.0 cm³/mol. The Balaban J connectivity index is 1.86. The molecular weight excluding hydrogens is 301 g/mol. The van der Waals surface area contributed by atoms with Crippen molar-refractivity contribution < 1.29 is 9.53 Å². The molecule has 106 valence electrons. The standard InChI is InChI=1S/C13H13Cl2N3O2/c1-18(7-12-16-4-5-17-12)13(19)8-20-9-2-3-10(14)11(15)6-9/h2-6H,7-8H2,1H3,(H,16,17). The first kappa shape index (κ1) is 14.7. The summed E-state index contributed by atoms with van der Waals surface area (Å²) in [5, 5.41) is 0.834. The van der Waals surface area contributed by atoms with Crippen LogP contribution >= 0.6 is 23.2 Å². The molecule has 0 atom stereocenters. The highest BCUT2D eigenvalue weighted by Crippen LogP contribution is 2.26. The molecule has 1 heterocycles. The van der Waals surface area contributed by atoms with E-state index in [1.807, 2.05) is 0 Å². The van der Waals surface area contributed by atoms with Gasteiger partial charge in [-0.15, -0.1) is 0 Å². The van der Waals surface area contributed by atoms with E-state index in [4.69, 9.17) is 27.9 Å². The molecule has 0 fully saturated rings. The molecule has 1 N–H and O–H groups in total. The van der Waals surface area contributed by atoms with Crippen LogP contribution in [-0.4, -0.2) is 34.4 Å². The molecule has 0 spiro atoms. The van der Waals surface area contributed by atoms with Crippen LogP contribution in [0.4, 0.5) is 0 Å². The SMILES string of the molecule is CN(Cc1ncc[nH]1)C(=O)COc1ccc(Cl)c(Cl)c1. The Morgan fingerprint density at radius 2 is 2.20 bits per heavy atom. The Hall–Kier alpha value is -1.72. The molecule has 1 aromatic heterocycles. The van der Waals surface area contributed by atoms with Crippen LogP contribution in [0.15, 0.2) is 30.6 Å². The third-order valence-corrected chi connectivity index (χ3v) is 3.36. The van der Waals surface area contributed by atoms with Gasteiger partial charge in [-0.05, 0) is 12.1 Å². The van der Waals surface area contributed by atoms with Gasteiger partial charge in [-0.2, -0.15) is 0 Å². The van der Waals surface area contributed by atoms with Crippen LogP contribution < -0.4 is 4.74 Å². The number of halogens is 2. The maximum Gasteiger partial charge on any atom is 0.260 e. The Morgan fingerprint density at radius 3 is 2.85 bits per heavy atom. The minimum Gasteiger partial charge on any atom is -0.484 e. The van der Waals surface area contributed by atoms with Gasteiger partial charge < -0.3 is 14.6 Å². The first-order valence-corrected chi connectivity index (χ1v) is 6.62. The summed E-state index contributed by atoms with van der Waals surface area (Å²) in [4.78, 5) is 20.4. The highest BCUT2D eigenvalue weighted by molar-refractivity contribution is 6.42. The Labute approximate surface area is 126 Å². The Kier molecular flexibility index (Phi) is 4.87. The van der Waals surface area contributed by atoms with E-state index in [-0.39, 0.29) is 12.5 Å². The molecule has 7 heteroatoms. The molecule has 0 unspecified atom stereocenters. The number of rotatable bonds is 5. The van der Waals surface area contributed by atoms with Crippen LogP contribution in [0.25, 0.3) is 0 Å². The lowest BCUT2D eigenvalue weighted by Gasteiger charge is -2.16. The number of hydrogen-bond acceptors (Lipinski definition) is 3. The van der Waals surface area contributed by atoms with E-state index in [1.165, 1.54) is 4.90 Å². The summed E-state index contributed by atoms with van der Waals surface area (Å²) in [7, 11) is 1.68. The number of carbonyl (C=O) groups excluding carboxylic acids is 1. The minimum atomic E-state index is -0.160. The first-order valence-electron chi connectivity index (χ1n) is 5.86. The molecule has 0 saturated carbocycles. The number of aromatic amines is 1. The molecule has 1 aromatic carbocycles. The zero-order valence-corrected chi connectivity index (χ0v) is 12.3. The van der Waals surface area contributed by atoms with Gasteiger partial charge in [0, 0.05) is 25.5 Å². The van der Waals surface area contributed by atoms with E-state index in [0.717, 1.165) is 5.82 Å². The van der Waals surface area contributed by atoms with E-state index in [2.05, 4.69) is 9.97 Å². The van der Waals surface area contributed by atoms with Gasteiger partial charge in [0.05, 0.1) is 16.6 Å². The maximum atomic E-state index is 11.9. The van der Waals surface area contributed by atoms with Gasteiger partial charge in [0.2, 0.25) is 0 Å². The average molecular weight is 314 g/mol. The van der Waals surface area contributed by atoms with Crippen molar-refractivity contribution in [3.63, 3.8) is 0 Å². The van der Waals surface area contributed by atoms with Gasteiger partial charge in [-0.25, -0.2) is 4.98 Å². The number of benzene rings is 1. The summed E-state index contributed by atoms with van der Waals surface area (Å²) in [5.74, 6) is 1.06. The van der Waals surface area contributed by atoms with Crippen molar-refractivity contribution in [1.29, 1.82) is 0 Å². The van der Waals surface area contributed by atoms with Crippen molar-refractivity contribution in [2.45, 2.75) is 6.54 Å². The largest absolute Gasteiger partial charge is 0.484 e. The number of likely N-dealkylation sites (N-methyl/N-ethyl adjacent to an activating group) is 1. The van der Waals surface area contributed by atoms with E-state index in [9.17, 15) is 4.79 Å². The van der Waals surface area contributed by atoms with Crippen LogP contribution in [0.1, 0.15) is 5.82 Å². The van der Waals surface area contributed by atoms with Gasteiger partial charge >= 0.3 is 0 Å². The smallest absolute Gasteiger partial charge is 0.260 e. The van der Waals surface area contributed by atoms with E-state index in [0.29, 0.717) is 22.3 Å². The van der Waals surface area contributed by atoms with E-state index in [1.54, 1.807) is 37.6 Å².